The predicted octanol–water partition coefficient (Wildman–Crippen LogP) is 0.996. The molecule has 1 aliphatic carbocycles. The highest BCUT2D eigenvalue weighted by atomic mass is 32.2. The molecule has 0 bridgehead atoms. The van der Waals surface area contributed by atoms with Crippen LogP contribution in [0.5, 0.6) is 0 Å². The minimum atomic E-state index is -3.57. The van der Waals surface area contributed by atoms with E-state index in [1.807, 2.05) is 6.07 Å². The van der Waals surface area contributed by atoms with Crippen LogP contribution in [0.2, 0.25) is 0 Å². The number of aryl methyl sites for hydroxylation is 2. The molecule has 23 heavy (non-hydrogen) atoms. The number of amides is 1. The SMILES string of the molecule is COCCNC(=O)CCNS(=O)(=O)c1ccc2c(c1)CCCC2. The number of rotatable bonds is 8. The molecule has 1 aromatic carbocycles. The third-order valence-corrected chi connectivity index (χ3v) is 5.36. The van der Waals surface area contributed by atoms with E-state index in [0.29, 0.717) is 13.2 Å². The Morgan fingerprint density at radius 1 is 1.17 bits per heavy atom. The average molecular weight is 340 g/mol. The standard InChI is InChI=1S/C16H24N2O4S/c1-22-11-10-17-16(19)8-9-18-23(20,21)15-7-6-13-4-2-3-5-14(13)12-15/h6-7,12,18H,2-5,8-11H2,1H3,(H,17,19). The molecular formula is C16H24N2O4S. The third-order valence-electron chi connectivity index (χ3n) is 3.90. The van der Waals surface area contributed by atoms with Crippen molar-refractivity contribution < 1.29 is 17.9 Å². The first-order chi connectivity index (χ1) is 11.0. The van der Waals surface area contributed by atoms with Crippen LogP contribution in [0, 0.1) is 0 Å². The highest BCUT2D eigenvalue weighted by molar-refractivity contribution is 7.89. The Labute approximate surface area is 137 Å². The van der Waals surface area contributed by atoms with E-state index in [2.05, 4.69) is 10.0 Å². The van der Waals surface area contributed by atoms with Gasteiger partial charge in [0.25, 0.3) is 0 Å². The lowest BCUT2D eigenvalue weighted by atomic mass is 9.92. The summed E-state index contributed by atoms with van der Waals surface area (Å²) in [5, 5.41) is 2.65. The van der Waals surface area contributed by atoms with Gasteiger partial charge in [0.15, 0.2) is 0 Å². The number of hydrogen-bond acceptors (Lipinski definition) is 4. The van der Waals surface area contributed by atoms with E-state index in [4.69, 9.17) is 4.74 Å². The summed E-state index contributed by atoms with van der Waals surface area (Å²) in [6.07, 6.45) is 4.32. The molecule has 6 nitrogen and oxygen atoms in total. The van der Waals surface area contributed by atoms with E-state index in [1.54, 1.807) is 19.2 Å². The number of carbonyl (C=O) groups excluding carboxylic acids is 1. The van der Waals surface area contributed by atoms with E-state index in [9.17, 15) is 13.2 Å². The number of fused-ring (bicyclic) bond motifs is 1. The molecule has 0 radical (unpaired) electrons. The van der Waals surface area contributed by atoms with E-state index >= 15 is 0 Å². The van der Waals surface area contributed by atoms with Gasteiger partial charge < -0.3 is 10.1 Å². The highest BCUT2D eigenvalue weighted by Crippen LogP contribution is 2.23. The minimum Gasteiger partial charge on any atom is -0.383 e. The minimum absolute atomic E-state index is 0.0816. The molecule has 0 fully saturated rings. The maximum atomic E-state index is 12.3. The van der Waals surface area contributed by atoms with Crippen molar-refractivity contribution in [2.24, 2.45) is 0 Å². The normalized spacial score (nSPS) is 14.3. The van der Waals surface area contributed by atoms with Gasteiger partial charge in [-0.25, -0.2) is 13.1 Å². The van der Waals surface area contributed by atoms with Crippen LogP contribution in [-0.4, -0.2) is 41.1 Å². The quantitative estimate of drug-likeness (QED) is 0.692. The summed E-state index contributed by atoms with van der Waals surface area (Å²) in [5.74, 6) is -0.199. The molecule has 128 valence electrons. The topological polar surface area (TPSA) is 84.5 Å². The van der Waals surface area contributed by atoms with Gasteiger partial charge in [-0.15, -0.1) is 0 Å². The molecule has 0 saturated heterocycles. The second kappa shape index (κ2) is 8.42. The maximum absolute atomic E-state index is 12.3. The zero-order valence-corrected chi connectivity index (χ0v) is 14.2. The Morgan fingerprint density at radius 3 is 2.65 bits per heavy atom. The van der Waals surface area contributed by atoms with Gasteiger partial charge in [-0.2, -0.15) is 0 Å². The van der Waals surface area contributed by atoms with E-state index in [1.165, 1.54) is 5.56 Å². The first-order valence-corrected chi connectivity index (χ1v) is 9.38. The average Bonchev–Trinajstić information content (AvgIpc) is 2.54. The first kappa shape index (κ1) is 17.9. The number of ether oxygens (including phenoxy) is 1. The van der Waals surface area contributed by atoms with E-state index in [-0.39, 0.29) is 23.8 Å². The number of hydrogen-bond donors (Lipinski definition) is 2. The molecule has 0 heterocycles. The van der Waals surface area contributed by atoms with Crippen LogP contribution in [0.25, 0.3) is 0 Å². The van der Waals surface area contributed by atoms with Gasteiger partial charge in [0.2, 0.25) is 15.9 Å². The van der Waals surface area contributed by atoms with Crippen LogP contribution in [0.4, 0.5) is 0 Å². The van der Waals surface area contributed by atoms with Crippen molar-refractivity contribution in [1.82, 2.24) is 10.0 Å². The number of sulfonamides is 1. The Kier molecular flexibility index (Phi) is 6.56. The second-order valence-corrected chi connectivity index (χ2v) is 7.40. The van der Waals surface area contributed by atoms with Gasteiger partial charge in [0.1, 0.15) is 0 Å². The molecule has 1 aliphatic rings. The monoisotopic (exact) mass is 340 g/mol. The Balaban J connectivity index is 1.88. The lowest BCUT2D eigenvalue weighted by Gasteiger charge is -2.16. The molecule has 1 aromatic rings. The molecular weight excluding hydrogens is 316 g/mol. The fraction of sp³-hybridized carbons (Fsp3) is 0.562. The smallest absolute Gasteiger partial charge is 0.240 e. The van der Waals surface area contributed by atoms with Crippen LogP contribution in [-0.2, 0) is 32.4 Å². The summed E-state index contributed by atoms with van der Waals surface area (Å²) >= 11 is 0. The molecule has 0 saturated carbocycles. The van der Waals surface area contributed by atoms with Gasteiger partial charge in [0, 0.05) is 26.6 Å². The summed E-state index contributed by atoms with van der Waals surface area (Å²) < 4.78 is 31.9. The molecule has 0 aromatic heterocycles. The van der Waals surface area contributed by atoms with Gasteiger partial charge in [0.05, 0.1) is 11.5 Å². The van der Waals surface area contributed by atoms with Crippen LogP contribution < -0.4 is 10.0 Å². The fourth-order valence-corrected chi connectivity index (χ4v) is 3.72. The Morgan fingerprint density at radius 2 is 1.91 bits per heavy atom. The number of benzene rings is 1. The molecule has 0 unspecified atom stereocenters. The van der Waals surface area contributed by atoms with Crippen LogP contribution in [0.1, 0.15) is 30.4 Å². The van der Waals surface area contributed by atoms with E-state index < -0.39 is 10.0 Å². The second-order valence-electron chi connectivity index (χ2n) is 5.63. The molecule has 0 spiro atoms. The van der Waals surface area contributed by atoms with Crippen molar-refractivity contribution in [2.45, 2.75) is 37.0 Å². The van der Waals surface area contributed by atoms with Gasteiger partial charge >= 0.3 is 0 Å². The summed E-state index contributed by atoms with van der Waals surface area (Å²) in [5.41, 5.74) is 2.36. The van der Waals surface area contributed by atoms with Crippen LogP contribution >= 0.6 is 0 Å². The van der Waals surface area contributed by atoms with Crippen molar-refractivity contribution in [3.63, 3.8) is 0 Å². The van der Waals surface area contributed by atoms with Gasteiger partial charge in [-0.1, -0.05) is 6.07 Å². The van der Waals surface area contributed by atoms with Crippen molar-refractivity contribution in [3.05, 3.63) is 29.3 Å². The Hall–Kier alpha value is -1.44. The summed E-state index contributed by atoms with van der Waals surface area (Å²) in [4.78, 5) is 11.8. The third kappa shape index (κ3) is 5.30. The summed E-state index contributed by atoms with van der Waals surface area (Å²) in [6.45, 7) is 0.942. The zero-order chi connectivity index (χ0) is 16.7. The maximum Gasteiger partial charge on any atom is 0.240 e. The number of methoxy groups -OCH3 is 1. The van der Waals surface area contributed by atoms with Crippen molar-refractivity contribution in [2.75, 3.05) is 26.8 Å². The van der Waals surface area contributed by atoms with Crippen molar-refractivity contribution >= 4 is 15.9 Å². The molecule has 7 heteroatoms. The Bertz CT molecular complexity index is 643. The van der Waals surface area contributed by atoms with Crippen molar-refractivity contribution in [3.8, 4) is 0 Å². The summed E-state index contributed by atoms with van der Waals surface area (Å²) in [7, 11) is -2.01. The largest absolute Gasteiger partial charge is 0.383 e. The van der Waals surface area contributed by atoms with Crippen molar-refractivity contribution in [1.29, 1.82) is 0 Å². The molecule has 2 rings (SSSR count). The van der Waals surface area contributed by atoms with Crippen LogP contribution in [0.3, 0.4) is 0 Å². The van der Waals surface area contributed by atoms with Crippen LogP contribution in [0.15, 0.2) is 23.1 Å². The molecule has 0 atom stereocenters. The fourth-order valence-electron chi connectivity index (χ4n) is 2.64. The van der Waals surface area contributed by atoms with E-state index in [0.717, 1.165) is 31.2 Å². The zero-order valence-electron chi connectivity index (χ0n) is 13.4. The van der Waals surface area contributed by atoms with Gasteiger partial charge in [-0.3, -0.25) is 4.79 Å². The lowest BCUT2D eigenvalue weighted by Crippen LogP contribution is -2.32. The lowest BCUT2D eigenvalue weighted by molar-refractivity contribution is -0.121. The molecule has 2 N–H and O–H groups in total. The highest BCUT2D eigenvalue weighted by Gasteiger charge is 2.17. The predicted molar refractivity (Wildman–Crippen MR) is 87.8 cm³/mol. The number of carbonyl (C=O) groups is 1. The molecule has 0 aliphatic heterocycles. The summed E-state index contributed by atoms with van der Waals surface area (Å²) in [6, 6.07) is 5.31. The first-order valence-electron chi connectivity index (χ1n) is 7.90. The molecule has 1 amide bonds. The van der Waals surface area contributed by atoms with Gasteiger partial charge in [-0.05, 0) is 48.9 Å². The number of nitrogens with one attached hydrogen (secondary N) is 2.